The number of benzene rings is 2. The van der Waals surface area contributed by atoms with Crippen LogP contribution in [0.4, 0.5) is 0 Å². The van der Waals surface area contributed by atoms with Crippen molar-refractivity contribution in [3.8, 4) is 11.3 Å². The van der Waals surface area contributed by atoms with Crippen LogP contribution in [0, 0.1) is 0 Å². The van der Waals surface area contributed by atoms with Crippen LogP contribution in [0.1, 0.15) is 27.8 Å². The Kier molecular flexibility index (Phi) is 3.87. The van der Waals surface area contributed by atoms with E-state index < -0.39 is 18.1 Å². The predicted octanol–water partition coefficient (Wildman–Crippen LogP) is 2.89. The Morgan fingerprint density at radius 2 is 1.81 bits per heavy atom. The van der Waals surface area contributed by atoms with Gasteiger partial charge in [-0.25, -0.2) is 9.97 Å². The van der Waals surface area contributed by atoms with Gasteiger partial charge in [0.15, 0.2) is 0 Å². The second kappa shape index (κ2) is 6.75. The number of hydrogen-bond acceptors (Lipinski definition) is 5. The van der Waals surface area contributed by atoms with Crippen LogP contribution >= 0.6 is 0 Å². The minimum absolute atomic E-state index is 0.0914. The van der Waals surface area contributed by atoms with Crippen molar-refractivity contribution in [3.05, 3.63) is 77.9 Å². The molecule has 2 atom stereocenters. The SMILES string of the molecule is O=C(NC1c2ccccc2CC1O)c1nc2cc3[nH][nH]c(-c4ccncc4)c3cc2n1. The van der Waals surface area contributed by atoms with Crippen molar-refractivity contribution in [3.63, 3.8) is 0 Å². The average Bonchev–Trinajstić information content (AvgIpc) is 3.48. The van der Waals surface area contributed by atoms with Gasteiger partial charge >= 0.3 is 0 Å². The number of pyridine rings is 1. The number of nitrogens with one attached hydrogen (secondary N) is 3. The molecule has 0 aliphatic heterocycles. The van der Waals surface area contributed by atoms with Crippen LogP contribution in [-0.4, -0.2) is 42.3 Å². The molecule has 3 heterocycles. The highest BCUT2D eigenvalue weighted by molar-refractivity contribution is 6.02. The van der Waals surface area contributed by atoms with Crippen molar-refractivity contribution >= 4 is 27.8 Å². The summed E-state index contributed by atoms with van der Waals surface area (Å²) in [5.74, 6) is -0.310. The molecule has 8 nitrogen and oxygen atoms in total. The number of aromatic nitrogens is 5. The molecular formula is C23H18N6O2. The quantitative estimate of drug-likeness (QED) is 0.365. The molecule has 0 saturated heterocycles. The van der Waals surface area contributed by atoms with Crippen molar-refractivity contribution in [2.24, 2.45) is 0 Å². The molecule has 0 saturated carbocycles. The number of nitrogens with zero attached hydrogens (tertiary/aromatic N) is 3. The molecule has 1 aliphatic carbocycles. The molecule has 152 valence electrons. The number of hydrogen-bond donors (Lipinski definition) is 4. The number of fused-ring (bicyclic) bond motifs is 3. The van der Waals surface area contributed by atoms with Gasteiger partial charge in [0.1, 0.15) is 0 Å². The molecule has 5 aromatic rings. The standard InChI is InChI=1S/C23H18N6O2/c30-19-9-13-3-1-2-4-14(13)21(19)27-23(31)22-25-17-10-15-16(11-18(17)26-22)28-29-20(15)12-5-7-24-8-6-12/h1-8,10-11,19,21,28-30H,9H2,(H,27,31). The van der Waals surface area contributed by atoms with Gasteiger partial charge in [0.25, 0.3) is 5.91 Å². The third-order valence-corrected chi connectivity index (χ3v) is 5.82. The van der Waals surface area contributed by atoms with Crippen LogP contribution in [0.25, 0.3) is 33.2 Å². The second-order valence-electron chi connectivity index (χ2n) is 7.72. The molecule has 31 heavy (non-hydrogen) atoms. The van der Waals surface area contributed by atoms with E-state index in [0.29, 0.717) is 17.5 Å². The van der Waals surface area contributed by atoms with E-state index in [-0.39, 0.29) is 5.82 Å². The smallest absolute Gasteiger partial charge is 0.289 e. The molecule has 1 amide bonds. The van der Waals surface area contributed by atoms with Crippen LogP contribution < -0.4 is 5.32 Å². The first kappa shape index (κ1) is 17.8. The zero-order valence-corrected chi connectivity index (χ0v) is 16.3. The first-order valence-corrected chi connectivity index (χ1v) is 10.0. The highest BCUT2D eigenvalue weighted by atomic mass is 16.3. The third-order valence-electron chi connectivity index (χ3n) is 5.82. The molecule has 4 N–H and O–H groups in total. The molecule has 0 spiro atoms. The van der Waals surface area contributed by atoms with E-state index >= 15 is 0 Å². The minimum atomic E-state index is -0.665. The number of H-pyrrole nitrogens is 2. The molecule has 0 bridgehead atoms. The lowest BCUT2D eigenvalue weighted by molar-refractivity contribution is 0.0849. The molecule has 8 heteroatoms. The fourth-order valence-corrected chi connectivity index (χ4v) is 4.32. The summed E-state index contributed by atoms with van der Waals surface area (Å²) in [5.41, 5.74) is 6.01. The topological polar surface area (TPSA) is 120 Å². The van der Waals surface area contributed by atoms with E-state index in [1.54, 1.807) is 12.4 Å². The fraction of sp³-hybridized carbons (Fsp3) is 0.130. The summed E-state index contributed by atoms with van der Waals surface area (Å²) in [4.78, 5) is 25.8. The number of imidazole rings is 1. The lowest BCUT2D eigenvalue weighted by Crippen LogP contribution is -2.34. The van der Waals surface area contributed by atoms with Crippen LogP contribution in [0.3, 0.4) is 0 Å². The molecule has 2 aromatic carbocycles. The van der Waals surface area contributed by atoms with Crippen LogP contribution in [-0.2, 0) is 6.42 Å². The number of carbonyl (C=O) groups excluding carboxylic acids is 1. The molecule has 2 unspecified atom stereocenters. The van der Waals surface area contributed by atoms with Crippen molar-refractivity contribution in [1.82, 2.24) is 30.5 Å². The van der Waals surface area contributed by atoms with Gasteiger partial charge in [-0.2, -0.15) is 0 Å². The van der Waals surface area contributed by atoms with Crippen LogP contribution in [0.15, 0.2) is 60.9 Å². The maximum atomic E-state index is 12.9. The highest BCUT2D eigenvalue weighted by Gasteiger charge is 2.32. The number of aromatic amines is 2. The van der Waals surface area contributed by atoms with Crippen molar-refractivity contribution in [2.75, 3.05) is 0 Å². The van der Waals surface area contributed by atoms with E-state index in [2.05, 4.69) is 30.5 Å². The summed E-state index contributed by atoms with van der Waals surface area (Å²) in [6.45, 7) is 0. The zero-order chi connectivity index (χ0) is 20.9. The summed E-state index contributed by atoms with van der Waals surface area (Å²) in [6.07, 6.45) is 3.33. The highest BCUT2D eigenvalue weighted by Crippen LogP contribution is 2.32. The molecule has 3 aromatic heterocycles. The second-order valence-corrected chi connectivity index (χ2v) is 7.72. The number of aliphatic hydroxyl groups is 1. The van der Waals surface area contributed by atoms with Crippen molar-refractivity contribution in [2.45, 2.75) is 18.6 Å². The van der Waals surface area contributed by atoms with Gasteiger partial charge in [0.05, 0.1) is 34.4 Å². The van der Waals surface area contributed by atoms with E-state index in [0.717, 1.165) is 33.3 Å². The number of rotatable bonds is 3. The van der Waals surface area contributed by atoms with Crippen LogP contribution in [0.5, 0.6) is 0 Å². The van der Waals surface area contributed by atoms with Crippen molar-refractivity contribution in [1.29, 1.82) is 0 Å². The van der Waals surface area contributed by atoms with Gasteiger partial charge in [-0.15, -0.1) is 0 Å². The van der Waals surface area contributed by atoms with Crippen molar-refractivity contribution < 1.29 is 9.90 Å². The van der Waals surface area contributed by atoms with Crippen LogP contribution in [0.2, 0.25) is 0 Å². The summed E-state index contributed by atoms with van der Waals surface area (Å²) in [6, 6.07) is 14.9. The Morgan fingerprint density at radius 1 is 1.03 bits per heavy atom. The number of amides is 1. The van der Waals surface area contributed by atoms with Gasteiger partial charge in [0.2, 0.25) is 5.82 Å². The molecule has 6 rings (SSSR count). The van der Waals surface area contributed by atoms with Gasteiger partial charge in [-0.3, -0.25) is 14.9 Å². The summed E-state index contributed by atoms with van der Waals surface area (Å²) in [7, 11) is 0. The Morgan fingerprint density at radius 3 is 2.65 bits per heavy atom. The van der Waals surface area contributed by atoms with E-state index in [1.165, 1.54) is 0 Å². The molecule has 0 radical (unpaired) electrons. The number of carbonyl (C=O) groups is 1. The largest absolute Gasteiger partial charge is 0.390 e. The van der Waals surface area contributed by atoms with Gasteiger partial charge < -0.3 is 15.5 Å². The number of aliphatic hydroxyl groups excluding tert-OH is 1. The lowest BCUT2D eigenvalue weighted by atomic mass is 10.1. The van der Waals surface area contributed by atoms with Gasteiger partial charge in [-0.05, 0) is 35.4 Å². The summed E-state index contributed by atoms with van der Waals surface area (Å²) < 4.78 is 0. The van der Waals surface area contributed by atoms with Gasteiger partial charge in [-0.1, -0.05) is 24.3 Å². The first-order valence-electron chi connectivity index (χ1n) is 10.0. The molecule has 1 aliphatic rings. The fourth-order valence-electron chi connectivity index (χ4n) is 4.32. The maximum absolute atomic E-state index is 12.9. The van der Waals surface area contributed by atoms with E-state index in [4.69, 9.17) is 0 Å². The Hall–Kier alpha value is -4.04. The molecule has 0 fully saturated rings. The minimum Gasteiger partial charge on any atom is -0.390 e. The zero-order valence-electron chi connectivity index (χ0n) is 16.3. The summed E-state index contributed by atoms with van der Waals surface area (Å²) >= 11 is 0. The lowest BCUT2D eigenvalue weighted by Gasteiger charge is -2.16. The summed E-state index contributed by atoms with van der Waals surface area (Å²) in [5, 5.41) is 20.6. The Balaban J connectivity index is 1.34. The van der Waals surface area contributed by atoms with E-state index in [9.17, 15) is 9.90 Å². The molecular weight excluding hydrogens is 392 g/mol. The maximum Gasteiger partial charge on any atom is 0.289 e. The predicted molar refractivity (Wildman–Crippen MR) is 115 cm³/mol. The first-order chi connectivity index (χ1) is 15.2. The monoisotopic (exact) mass is 410 g/mol. The normalized spacial score (nSPS) is 17.8. The van der Waals surface area contributed by atoms with Gasteiger partial charge in [0, 0.05) is 29.8 Å². The van der Waals surface area contributed by atoms with E-state index in [1.807, 2.05) is 48.5 Å². The average molecular weight is 410 g/mol. The Labute approximate surface area is 176 Å². The Bertz CT molecular complexity index is 1440. The third kappa shape index (κ3) is 2.88.